The van der Waals surface area contributed by atoms with Crippen molar-refractivity contribution in [3.63, 3.8) is 0 Å². The minimum atomic E-state index is -0.795. The van der Waals surface area contributed by atoms with E-state index in [-0.39, 0.29) is 12.3 Å². The Kier molecular flexibility index (Phi) is 3.32. The van der Waals surface area contributed by atoms with Crippen molar-refractivity contribution in [2.45, 2.75) is 44.2 Å². The van der Waals surface area contributed by atoms with Gasteiger partial charge in [0.1, 0.15) is 29.3 Å². The van der Waals surface area contributed by atoms with Gasteiger partial charge in [-0.3, -0.25) is 10.1 Å². The molecule has 4 rings (SSSR count). The van der Waals surface area contributed by atoms with Gasteiger partial charge in [-0.2, -0.15) is 15.0 Å². The molecule has 2 aliphatic heterocycles. The average molecular weight is 336 g/mol. The molecule has 10 nitrogen and oxygen atoms in total. The Labute approximate surface area is 136 Å². The minimum Gasteiger partial charge on any atom is -0.394 e. The number of rotatable bonds is 3. The van der Waals surface area contributed by atoms with E-state index >= 15 is 0 Å². The number of ether oxygens (including phenoxy) is 3. The molecule has 0 unspecified atom stereocenters. The summed E-state index contributed by atoms with van der Waals surface area (Å²) >= 11 is 0. The molecule has 0 radical (unpaired) electrons. The second-order valence-corrected chi connectivity index (χ2v) is 6.26. The van der Waals surface area contributed by atoms with Crippen LogP contribution in [0.2, 0.25) is 0 Å². The maximum atomic E-state index is 10.9. The van der Waals surface area contributed by atoms with Gasteiger partial charge in [-0.05, 0) is 19.9 Å². The molecule has 1 aromatic heterocycles. The molecule has 2 aromatic rings. The highest BCUT2D eigenvalue weighted by Crippen LogP contribution is 2.42. The second kappa shape index (κ2) is 5.18. The van der Waals surface area contributed by atoms with Crippen molar-refractivity contribution >= 4 is 16.7 Å². The van der Waals surface area contributed by atoms with Crippen LogP contribution in [-0.4, -0.2) is 55.7 Å². The number of nitro groups is 1. The van der Waals surface area contributed by atoms with Crippen molar-refractivity contribution in [3.8, 4) is 0 Å². The average Bonchev–Trinajstić information content (AvgIpc) is 3.15. The van der Waals surface area contributed by atoms with E-state index < -0.39 is 35.3 Å². The molecule has 4 atom stereocenters. The first-order valence-corrected chi connectivity index (χ1v) is 7.51. The van der Waals surface area contributed by atoms with E-state index in [0.717, 1.165) is 0 Å². The molecule has 0 spiro atoms. The van der Waals surface area contributed by atoms with Crippen LogP contribution < -0.4 is 0 Å². The Bertz CT molecular complexity index is 806. The van der Waals surface area contributed by atoms with Gasteiger partial charge in [0.2, 0.25) is 0 Å². The summed E-state index contributed by atoms with van der Waals surface area (Å²) in [5.74, 6) is -0.795. The fourth-order valence-electron chi connectivity index (χ4n) is 3.14. The number of aliphatic hydroxyl groups excluding tert-OH is 1. The lowest BCUT2D eigenvalue weighted by Crippen LogP contribution is -2.31. The summed E-state index contributed by atoms with van der Waals surface area (Å²) in [4.78, 5) is 11.7. The first-order valence-electron chi connectivity index (χ1n) is 7.51. The van der Waals surface area contributed by atoms with Crippen LogP contribution in [0.1, 0.15) is 20.1 Å². The lowest BCUT2D eigenvalue weighted by molar-refractivity contribution is -0.384. The van der Waals surface area contributed by atoms with E-state index in [1.54, 1.807) is 13.8 Å². The van der Waals surface area contributed by atoms with Crippen LogP contribution in [0.4, 0.5) is 5.69 Å². The Hall–Kier alpha value is -2.14. The van der Waals surface area contributed by atoms with Crippen molar-refractivity contribution in [1.82, 2.24) is 15.0 Å². The fourth-order valence-corrected chi connectivity index (χ4v) is 3.14. The fraction of sp³-hybridized carbons (Fsp3) is 0.571. The van der Waals surface area contributed by atoms with Gasteiger partial charge in [0.25, 0.3) is 5.69 Å². The maximum Gasteiger partial charge on any atom is 0.271 e. The van der Waals surface area contributed by atoms with Gasteiger partial charge >= 0.3 is 0 Å². The van der Waals surface area contributed by atoms with Gasteiger partial charge in [-0.25, -0.2) is 0 Å². The predicted octanol–water partition coefficient (Wildman–Crippen LogP) is 0.749. The van der Waals surface area contributed by atoms with E-state index in [2.05, 4.69) is 10.2 Å². The molecule has 10 heteroatoms. The van der Waals surface area contributed by atoms with Crippen molar-refractivity contribution < 1.29 is 24.2 Å². The third-order valence-corrected chi connectivity index (χ3v) is 4.12. The molecule has 2 fully saturated rings. The van der Waals surface area contributed by atoms with Gasteiger partial charge in [0.05, 0.1) is 11.5 Å². The highest BCUT2D eigenvalue weighted by molar-refractivity contribution is 5.76. The molecule has 0 aliphatic carbocycles. The van der Waals surface area contributed by atoms with E-state index in [1.165, 1.54) is 23.0 Å². The number of nitro benzene ring substituents is 1. The molecule has 2 saturated heterocycles. The monoisotopic (exact) mass is 336 g/mol. The van der Waals surface area contributed by atoms with Crippen molar-refractivity contribution in [2.75, 3.05) is 6.61 Å². The van der Waals surface area contributed by atoms with E-state index in [1.807, 2.05) is 0 Å². The highest BCUT2D eigenvalue weighted by atomic mass is 16.8. The largest absolute Gasteiger partial charge is 0.394 e. The Morgan fingerprint density at radius 1 is 1.29 bits per heavy atom. The third kappa shape index (κ3) is 2.35. The SMILES string of the molecule is CC1(C)O[C@@H]2[C@H](O1)[C@@H](CO)O[C@H]2n1nc2ccc([N+](=O)[O-])cc2n1. The number of hydrogen-bond donors (Lipinski definition) is 1. The molecule has 0 saturated carbocycles. The first kappa shape index (κ1) is 15.4. The third-order valence-electron chi connectivity index (χ3n) is 4.12. The summed E-state index contributed by atoms with van der Waals surface area (Å²) in [6.45, 7) is 3.35. The molecule has 2 aliphatic rings. The number of aliphatic hydroxyl groups is 1. The zero-order valence-electron chi connectivity index (χ0n) is 13.0. The molecule has 24 heavy (non-hydrogen) atoms. The van der Waals surface area contributed by atoms with Crippen LogP contribution in [0.3, 0.4) is 0 Å². The maximum absolute atomic E-state index is 10.9. The number of nitrogens with zero attached hydrogens (tertiary/aromatic N) is 4. The number of non-ortho nitro benzene ring substituents is 1. The Balaban J connectivity index is 1.70. The van der Waals surface area contributed by atoms with E-state index in [4.69, 9.17) is 14.2 Å². The summed E-state index contributed by atoms with van der Waals surface area (Å²) in [6.07, 6.45) is -2.14. The molecule has 3 heterocycles. The van der Waals surface area contributed by atoms with Crippen LogP contribution in [0, 0.1) is 10.1 Å². The quantitative estimate of drug-likeness (QED) is 0.643. The van der Waals surface area contributed by atoms with Crippen molar-refractivity contribution in [3.05, 3.63) is 28.3 Å². The van der Waals surface area contributed by atoms with E-state index in [0.29, 0.717) is 11.0 Å². The van der Waals surface area contributed by atoms with Crippen LogP contribution in [0.15, 0.2) is 18.2 Å². The van der Waals surface area contributed by atoms with Crippen LogP contribution >= 0.6 is 0 Å². The van der Waals surface area contributed by atoms with Crippen LogP contribution in [0.5, 0.6) is 0 Å². The number of benzene rings is 1. The minimum absolute atomic E-state index is 0.0606. The zero-order chi connectivity index (χ0) is 17.1. The summed E-state index contributed by atoms with van der Waals surface area (Å²) < 4.78 is 17.4. The van der Waals surface area contributed by atoms with Crippen molar-refractivity contribution in [2.24, 2.45) is 0 Å². The summed E-state index contributed by atoms with van der Waals surface area (Å²) in [7, 11) is 0. The molecule has 1 N–H and O–H groups in total. The Morgan fingerprint density at radius 2 is 2.00 bits per heavy atom. The number of fused-ring (bicyclic) bond motifs is 2. The predicted molar refractivity (Wildman–Crippen MR) is 79.0 cm³/mol. The number of aromatic nitrogens is 3. The van der Waals surface area contributed by atoms with Gasteiger partial charge in [0.15, 0.2) is 12.0 Å². The molecule has 0 amide bonds. The molecule has 1 aromatic carbocycles. The van der Waals surface area contributed by atoms with Gasteiger partial charge in [-0.1, -0.05) is 0 Å². The summed E-state index contributed by atoms with van der Waals surface area (Å²) in [6, 6.07) is 4.25. The number of hydrogen-bond acceptors (Lipinski definition) is 8. The topological polar surface area (TPSA) is 122 Å². The summed E-state index contributed by atoms with van der Waals surface area (Å²) in [5.41, 5.74) is 0.830. The lowest BCUT2D eigenvalue weighted by Gasteiger charge is -2.23. The normalized spacial score (nSPS) is 31.5. The van der Waals surface area contributed by atoms with Gasteiger partial charge in [0, 0.05) is 12.1 Å². The standard InChI is InChI=1S/C14H16N4O6/c1-14(2)23-11-10(6-19)22-13(12(11)24-14)17-15-8-4-3-7(18(20)21)5-9(8)16-17/h3-5,10-13,19H,6H2,1-2H3/t10-,11-,12-,13-/m1/s1. The lowest BCUT2D eigenvalue weighted by atomic mass is 10.1. The molecule has 128 valence electrons. The van der Waals surface area contributed by atoms with Gasteiger partial charge < -0.3 is 19.3 Å². The molecular formula is C14H16N4O6. The van der Waals surface area contributed by atoms with E-state index in [9.17, 15) is 15.2 Å². The second-order valence-electron chi connectivity index (χ2n) is 6.26. The Morgan fingerprint density at radius 3 is 2.71 bits per heavy atom. The van der Waals surface area contributed by atoms with Crippen LogP contribution in [-0.2, 0) is 14.2 Å². The summed E-state index contributed by atoms with van der Waals surface area (Å²) in [5, 5.41) is 29.0. The van der Waals surface area contributed by atoms with Crippen LogP contribution in [0.25, 0.3) is 11.0 Å². The zero-order valence-corrected chi connectivity index (χ0v) is 13.0. The van der Waals surface area contributed by atoms with Gasteiger partial charge in [-0.15, -0.1) is 0 Å². The first-order chi connectivity index (χ1) is 11.4. The smallest absolute Gasteiger partial charge is 0.271 e. The molecule has 0 bridgehead atoms. The molecular weight excluding hydrogens is 320 g/mol. The highest BCUT2D eigenvalue weighted by Gasteiger charge is 2.56. The van der Waals surface area contributed by atoms with Crippen molar-refractivity contribution in [1.29, 1.82) is 0 Å².